The van der Waals surface area contributed by atoms with Gasteiger partial charge in [0.2, 0.25) is 0 Å². The highest BCUT2D eigenvalue weighted by molar-refractivity contribution is 9.10. The molecule has 1 aromatic rings. The van der Waals surface area contributed by atoms with E-state index in [1.807, 2.05) is 11.8 Å². The lowest BCUT2D eigenvalue weighted by atomic mass is 10.2. The van der Waals surface area contributed by atoms with Crippen LogP contribution in [0.5, 0.6) is 0 Å². The van der Waals surface area contributed by atoms with Gasteiger partial charge in [-0.25, -0.2) is 4.98 Å². The van der Waals surface area contributed by atoms with E-state index >= 15 is 0 Å². The lowest BCUT2D eigenvalue weighted by Crippen LogP contribution is -2.03. The average Bonchev–Trinajstić information content (AvgIpc) is 2.96. The molecule has 1 aliphatic heterocycles. The number of nitrogens with zero attached hydrogens (tertiary/aromatic N) is 1. The second-order valence-electron chi connectivity index (χ2n) is 4.43. The van der Waals surface area contributed by atoms with Gasteiger partial charge in [-0.1, -0.05) is 12.2 Å². The van der Waals surface area contributed by atoms with Crippen molar-refractivity contribution in [3.63, 3.8) is 0 Å². The highest BCUT2D eigenvalue weighted by Crippen LogP contribution is 2.44. The van der Waals surface area contributed by atoms with Gasteiger partial charge in [-0.05, 0) is 47.4 Å². The van der Waals surface area contributed by atoms with Gasteiger partial charge in [0.1, 0.15) is 10.5 Å². The van der Waals surface area contributed by atoms with Crippen molar-refractivity contribution < 1.29 is 0 Å². The zero-order valence-electron chi connectivity index (χ0n) is 8.83. The molecule has 1 aliphatic carbocycles. The zero-order chi connectivity index (χ0) is 11.1. The number of nitrogens with one attached hydrogen (secondary N) is 1. The van der Waals surface area contributed by atoms with Crippen LogP contribution in [0.3, 0.4) is 0 Å². The summed E-state index contributed by atoms with van der Waals surface area (Å²) < 4.78 is 1.74. The van der Waals surface area contributed by atoms with E-state index in [4.69, 9.17) is 12.2 Å². The molecule has 3 rings (SSSR count). The van der Waals surface area contributed by atoms with Crippen LogP contribution in [0.1, 0.15) is 48.4 Å². The van der Waals surface area contributed by atoms with Gasteiger partial charge in [0.25, 0.3) is 0 Å². The van der Waals surface area contributed by atoms with E-state index in [1.54, 1.807) is 0 Å². The first kappa shape index (κ1) is 11.2. The van der Waals surface area contributed by atoms with Gasteiger partial charge in [-0.3, -0.25) is 0 Å². The summed E-state index contributed by atoms with van der Waals surface area (Å²) in [6, 6.07) is 0. The van der Waals surface area contributed by atoms with E-state index in [9.17, 15) is 0 Å². The van der Waals surface area contributed by atoms with E-state index in [0.29, 0.717) is 11.2 Å². The minimum atomic E-state index is 0.535. The third-order valence-corrected chi connectivity index (χ3v) is 5.88. The summed E-state index contributed by atoms with van der Waals surface area (Å²) in [4.78, 5) is 8.03. The minimum absolute atomic E-state index is 0.535. The van der Waals surface area contributed by atoms with E-state index in [1.165, 1.54) is 37.1 Å². The van der Waals surface area contributed by atoms with E-state index in [0.717, 1.165) is 14.9 Å². The summed E-state index contributed by atoms with van der Waals surface area (Å²) in [6.45, 7) is 0. The van der Waals surface area contributed by atoms with Crippen molar-refractivity contribution in [1.29, 1.82) is 0 Å². The van der Waals surface area contributed by atoms with Crippen LogP contribution in [0.25, 0.3) is 0 Å². The van der Waals surface area contributed by atoms with E-state index < -0.39 is 0 Å². The predicted molar refractivity (Wildman–Crippen MR) is 73.5 cm³/mol. The van der Waals surface area contributed by atoms with Gasteiger partial charge in [0.05, 0.1) is 9.72 Å². The molecule has 2 aliphatic rings. The van der Waals surface area contributed by atoms with Crippen molar-refractivity contribution in [2.24, 2.45) is 0 Å². The summed E-state index contributed by atoms with van der Waals surface area (Å²) >= 11 is 10.9. The molecule has 0 spiro atoms. The normalized spacial score (nSPS) is 24.9. The fourth-order valence-corrected chi connectivity index (χ4v) is 4.03. The Balaban J connectivity index is 2.02. The van der Waals surface area contributed by atoms with Crippen molar-refractivity contribution in [2.45, 2.75) is 36.9 Å². The van der Waals surface area contributed by atoms with Gasteiger partial charge in [0.15, 0.2) is 0 Å². The smallest absolute Gasteiger partial charge is 0.144 e. The van der Waals surface area contributed by atoms with Gasteiger partial charge >= 0.3 is 0 Å². The Hall–Kier alpha value is 0.130. The maximum atomic E-state index is 5.32. The quantitative estimate of drug-likeness (QED) is 0.822. The van der Waals surface area contributed by atoms with Crippen LogP contribution in [-0.4, -0.2) is 15.7 Å². The minimum Gasteiger partial charge on any atom is -0.345 e. The average molecular weight is 317 g/mol. The standard InChI is InChI=1S/C11H13BrN2S2/c12-8-9(6-3-4-6)13-10(14-11(8)15)7-2-1-5-16-7/h6-7H,1-5H2,(H,13,14,15). The number of aromatic nitrogens is 2. The molecule has 1 aromatic heterocycles. The van der Waals surface area contributed by atoms with Gasteiger partial charge in [-0.2, -0.15) is 11.8 Å². The summed E-state index contributed by atoms with van der Waals surface area (Å²) in [7, 11) is 0. The van der Waals surface area contributed by atoms with Crippen LogP contribution in [0.4, 0.5) is 0 Å². The molecule has 86 valence electrons. The predicted octanol–water partition coefficient (Wildman–Crippen LogP) is 4.35. The molecule has 16 heavy (non-hydrogen) atoms. The fraction of sp³-hybridized carbons (Fsp3) is 0.636. The van der Waals surface area contributed by atoms with Gasteiger partial charge in [-0.15, -0.1) is 0 Å². The van der Waals surface area contributed by atoms with Crippen molar-refractivity contribution in [3.05, 3.63) is 20.6 Å². The molecular formula is C11H13BrN2S2. The molecule has 2 heterocycles. The van der Waals surface area contributed by atoms with Crippen LogP contribution >= 0.6 is 39.9 Å². The van der Waals surface area contributed by atoms with E-state index in [2.05, 4.69) is 25.9 Å². The van der Waals surface area contributed by atoms with Gasteiger partial charge < -0.3 is 4.98 Å². The topological polar surface area (TPSA) is 28.7 Å². The number of aromatic amines is 1. The maximum Gasteiger partial charge on any atom is 0.144 e. The Bertz CT molecular complexity index is 462. The number of H-pyrrole nitrogens is 1. The van der Waals surface area contributed by atoms with Crippen molar-refractivity contribution in [1.82, 2.24) is 9.97 Å². The lowest BCUT2D eigenvalue weighted by Gasteiger charge is -2.11. The molecule has 5 heteroatoms. The number of hydrogen-bond donors (Lipinski definition) is 1. The first-order chi connectivity index (χ1) is 7.75. The second kappa shape index (κ2) is 4.42. The fourth-order valence-electron chi connectivity index (χ4n) is 2.09. The molecule has 1 saturated heterocycles. The molecule has 0 aromatic carbocycles. The first-order valence-electron chi connectivity index (χ1n) is 5.67. The third kappa shape index (κ3) is 2.09. The zero-order valence-corrected chi connectivity index (χ0v) is 12.1. The Morgan fingerprint density at radius 2 is 2.19 bits per heavy atom. The van der Waals surface area contributed by atoms with Crippen molar-refractivity contribution in [3.8, 4) is 0 Å². The molecule has 2 nitrogen and oxygen atoms in total. The summed E-state index contributed by atoms with van der Waals surface area (Å²) in [5.74, 6) is 3.03. The first-order valence-corrected chi connectivity index (χ1v) is 7.92. The second-order valence-corrected chi connectivity index (χ2v) is 6.92. The SMILES string of the molecule is S=c1nc(C2CCCS2)[nH]c(C2CC2)c1Br. The molecule has 1 N–H and O–H groups in total. The third-order valence-electron chi connectivity index (χ3n) is 3.13. The summed E-state index contributed by atoms with van der Waals surface area (Å²) in [5, 5.41) is 0.535. The number of rotatable bonds is 2. The Kier molecular flexibility index (Phi) is 3.11. The Morgan fingerprint density at radius 1 is 1.38 bits per heavy atom. The summed E-state index contributed by atoms with van der Waals surface area (Å²) in [5.41, 5.74) is 1.28. The molecule has 2 fully saturated rings. The van der Waals surface area contributed by atoms with Gasteiger partial charge in [0, 0.05) is 11.6 Å². The molecular weight excluding hydrogens is 304 g/mol. The Morgan fingerprint density at radius 3 is 2.81 bits per heavy atom. The number of halogens is 1. The van der Waals surface area contributed by atoms with Crippen LogP contribution in [0.15, 0.2) is 4.47 Å². The molecule has 1 atom stereocenters. The van der Waals surface area contributed by atoms with Crippen molar-refractivity contribution in [2.75, 3.05) is 5.75 Å². The molecule has 0 amide bonds. The van der Waals surface area contributed by atoms with Crippen LogP contribution in [-0.2, 0) is 0 Å². The number of hydrogen-bond acceptors (Lipinski definition) is 3. The highest BCUT2D eigenvalue weighted by Gasteiger charge is 2.29. The van der Waals surface area contributed by atoms with Crippen LogP contribution < -0.4 is 0 Å². The summed E-state index contributed by atoms with van der Waals surface area (Å²) in [6.07, 6.45) is 5.09. The molecule has 0 bridgehead atoms. The van der Waals surface area contributed by atoms with Crippen LogP contribution in [0.2, 0.25) is 0 Å². The lowest BCUT2D eigenvalue weighted by molar-refractivity contribution is 0.759. The number of thioether (sulfide) groups is 1. The van der Waals surface area contributed by atoms with E-state index in [-0.39, 0.29) is 0 Å². The van der Waals surface area contributed by atoms with Crippen LogP contribution in [0, 0.1) is 4.64 Å². The maximum absolute atomic E-state index is 5.32. The largest absolute Gasteiger partial charge is 0.345 e. The highest BCUT2D eigenvalue weighted by atomic mass is 79.9. The molecule has 1 unspecified atom stereocenters. The molecule has 1 saturated carbocycles. The van der Waals surface area contributed by atoms with Crippen molar-refractivity contribution >= 4 is 39.9 Å². The molecule has 0 radical (unpaired) electrons. The monoisotopic (exact) mass is 316 g/mol. The Labute approximate surface area is 113 Å².